The highest BCUT2D eigenvalue weighted by molar-refractivity contribution is 9.10. The van der Waals surface area contributed by atoms with E-state index < -0.39 is 0 Å². The quantitative estimate of drug-likeness (QED) is 0.851. The fourth-order valence-corrected chi connectivity index (χ4v) is 2.38. The van der Waals surface area contributed by atoms with Crippen LogP contribution in [0.25, 0.3) is 0 Å². The van der Waals surface area contributed by atoms with Crippen molar-refractivity contribution in [3.8, 4) is 11.8 Å². The lowest BCUT2D eigenvalue weighted by Gasteiger charge is -2.20. The highest BCUT2D eigenvalue weighted by atomic mass is 79.9. The summed E-state index contributed by atoms with van der Waals surface area (Å²) in [5.74, 6) is 0.859. The van der Waals surface area contributed by atoms with Crippen LogP contribution >= 0.6 is 15.9 Å². The van der Waals surface area contributed by atoms with E-state index in [0.29, 0.717) is 5.56 Å². The molecule has 0 heterocycles. The highest BCUT2D eigenvalue weighted by Gasteiger charge is 2.06. The molecule has 2 rings (SSSR count). The molecule has 20 heavy (non-hydrogen) atoms. The van der Waals surface area contributed by atoms with Crippen LogP contribution < -0.4 is 9.64 Å². The summed E-state index contributed by atoms with van der Waals surface area (Å²) in [4.78, 5) is 2.13. The number of nitrogens with zero attached hydrogens (tertiary/aromatic N) is 2. The van der Waals surface area contributed by atoms with Crippen molar-refractivity contribution in [3.05, 3.63) is 58.1 Å². The molecule has 0 saturated carbocycles. The number of anilines is 1. The first-order valence-electron chi connectivity index (χ1n) is 6.17. The van der Waals surface area contributed by atoms with Gasteiger partial charge in [0.2, 0.25) is 0 Å². The third kappa shape index (κ3) is 3.31. The van der Waals surface area contributed by atoms with Crippen molar-refractivity contribution in [3.63, 3.8) is 0 Å². The number of methoxy groups -OCH3 is 1. The number of halogens is 1. The van der Waals surface area contributed by atoms with Crippen LogP contribution in [0.15, 0.2) is 46.9 Å². The third-order valence-corrected chi connectivity index (χ3v) is 3.75. The maximum absolute atomic E-state index is 8.93. The van der Waals surface area contributed by atoms with Gasteiger partial charge in [0, 0.05) is 23.8 Å². The zero-order chi connectivity index (χ0) is 14.5. The van der Waals surface area contributed by atoms with E-state index in [1.807, 2.05) is 49.5 Å². The minimum Gasteiger partial charge on any atom is -0.497 e. The van der Waals surface area contributed by atoms with Gasteiger partial charge in [-0.2, -0.15) is 5.26 Å². The van der Waals surface area contributed by atoms with Crippen LogP contribution in [0.4, 0.5) is 5.69 Å². The number of hydrogen-bond donors (Lipinski definition) is 0. The fourth-order valence-electron chi connectivity index (χ4n) is 1.93. The molecule has 0 aliphatic heterocycles. The lowest BCUT2D eigenvalue weighted by atomic mass is 10.1. The molecule has 0 bridgehead atoms. The van der Waals surface area contributed by atoms with Crippen LogP contribution in [0.1, 0.15) is 11.1 Å². The lowest BCUT2D eigenvalue weighted by Crippen LogP contribution is -2.16. The van der Waals surface area contributed by atoms with Gasteiger partial charge in [0.25, 0.3) is 0 Å². The van der Waals surface area contributed by atoms with Gasteiger partial charge in [0.05, 0.1) is 12.7 Å². The average Bonchev–Trinajstić information content (AvgIpc) is 2.48. The van der Waals surface area contributed by atoms with E-state index in [4.69, 9.17) is 10.00 Å². The van der Waals surface area contributed by atoms with E-state index in [2.05, 4.69) is 26.9 Å². The first-order valence-corrected chi connectivity index (χ1v) is 6.97. The second-order valence-corrected chi connectivity index (χ2v) is 5.33. The minimum atomic E-state index is 0.645. The Morgan fingerprint density at radius 3 is 2.45 bits per heavy atom. The van der Waals surface area contributed by atoms with Crippen molar-refractivity contribution < 1.29 is 4.74 Å². The Hall–Kier alpha value is -1.99. The molecular weight excluding hydrogens is 316 g/mol. The van der Waals surface area contributed by atoms with Gasteiger partial charge in [0.15, 0.2) is 0 Å². The summed E-state index contributed by atoms with van der Waals surface area (Å²) in [6.45, 7) is 0.794. The Bertz CT molecular complexity index is 632. The number of rotatable bonds is 4. The van der Waals surface area contributed by atoms with Crippen LogP contribution in [0, 0.1) is 11.3 Å². The number of ether oxygens (including phenoxy) is 1. The van der Waals surface area contributed by atoms with Crippen LogP contribution in [-0.4, -0.2) is 14.2 Å². The van der Waals surface area contributed by atoms with E-state index in [9.17, 15) is 0 Å². The molecule has 0 aromatic heterocycles. The molecule has 0 radical (unpaired) electrons. The van der Waals surface area contributed by atoms with E-state index in [0.717, 1.165) is 22.5 Å². The summed E-state index contributed by atoms with van der Waals surface area (Å²) in [6.07, 6.45) is 0. The van der Waals surface area contributed by atoms with Gasteiger partial charge in [0.1, 0.15) is 11.8 Å². The Labute approximate surface area is 127 Å². The van der Waals surface area contributed by atoms with Crippen LogP contribution in [0.2, 0.25) is 0 Å². The summed E-state index contributed by atoms with van der Waals surface area (Å²) >= 11 is 3.41. The first-order chi connectivity index (χ1) is 9.63. The number of nitriles is 1. The van der Waals surface area contributed by atoms with Crippen LogP contribution in [0.5, 0.6) is 5.75 Å². The molecule has 0 atom stereocenters. The summed E-state index contributed by atoms with van der Waals surface area (Å²) < 4.78 is 5.97. The highest BCUT2D eigenvalue weighted by Crippen LogP contribution is 2.24. The topological polar surface area (TPSA) is 36.3 Å². The Morgan fingerprint density at radius 1 is 1.20 bits per heavy atom. The number of hydrogen-bond acceptors (Lipinski definition) is 3. The average molecular weight is 331 g/mol. The van der Waals surface area contributed by atoms with E-state index in [1.54, 1.807) is 7.11 Å². The zero-order valence-electron chi connectivity index (χ0n) is 11.4. The van der Waals surface area contributed by atoms with Crippen molar-refractivity contribution in [1.82, 2.24) is 0 Å². The van der Waals surface area contributed by atoms with Gasteiger partial charge in [-0.1, -0.05) is 12.1 Å². The van der Waals surface area contributed by atoms with Crippen molar-refractivity contribution in [1.29, 1.82) is 5.26 Å². The van der Waals surface area contributed by atoms with Crippen LogP contribution in [0.3, 0.4) is 0 Å². The molecule has 2 aromatic rings. The zero-order valence-corrected chi connectivity index (χ0v) is 13.0. The molecular formula is C16H15BrN2O. The van der Waals surface area contributed by atoms with Gasteiger partial charge in [-0.3, -0.25) is 0 Å². The van der Waals surface area contributed by atoms with Gasteiger partial charge in [-0.25, -0.2) is 0 Å². The lowest BCUT2D eigenvalue weighted by molar-refractivity contribution is 0.414. The largest absolute Gasteiger partial charge is 0.497 e. The molecule has 0 aliphatic rings. The molecule has 3 nitrogen and oxygen atoms in total. The SMILES string of the molecule is COc1ccc(CN(C)c2ccc(C#N)c(Br)c2)cc1. The Balaban J connectivity index is 2.13. The van der Waals surface area contributed by atoms with Gasteiger partial charge in [-0.15, -0.1) is 0 Å². The third-order valence-electron chi connectivity index (χ3n) is 3.09. The first kappa shape index (κ1) is 14.4. The molecule has 2 aromatic carbocycles. The fraction of sp³-hybridized carbons (Fsp3) is 0.188. The van der Waals surface area contributed by atoms with Gasteiger partial charge >= 0.3 is 0 Å². The maximum atomic E-state index is 8.93. The van der Waals surface area contributed by atoms with Gasteiger partial charge < -0.3 is 9.64 Å². The summed E-state index contributed by atoms with van der Waals surface area (Å²) in [5.41, 5.74) is 2.91. The summed E-state index contributed by atoms with van der Waals surface area (Å²) in [7, 11) is 3.69. The molecule has 0 saturated heterocycles. The van der Waals surface area contributed by atoms with Crippen LogP contribution in [-0.2, 0) is 6.54 Å². The predicted molar refractivity (Wildman–Crippen MR) is 84.0 cm³/mol. The number of benzene rings is 2. The normalized spacial score (nSPS) is 9.90. The molecule has 0 N–H and O–H groups in total. The smallest absolute Gasteiger partial charge is 0.118 e. The maximum Gasteiger partial charge on any atom is 0.118 e. The van der Waals surface area contributed by atoms with E-state index in [1.165, 1.54) is 5.56 Å². The monoisotopic (exact) mass is 330 g/mol. The molecule has 102 valence electrons. The summed E-state index contributed by atoms with van der Waals surface area (Å²) in [6, 6.07) is 15.9. The van der Waals surface area contributed by atoms with E-state index in [-0.39, 0.29) is 0 Å². The molecule has 0 aliphatic carbocycles. The van der Waals surface area contributed by atoms with Gasteiger partial charge in [-0.05, 0) is 51.8 Å². The molecule has 0 fully saturated rings. The second kappa shape index (κ2) is 6.44. The second-order valence-electron chi connectivity index (χ2n) is 4.48. The molecule has 0 spiro atoms. The minimum absolute atomic E-state index is 0.645. The van der Waals surface area contributed by atoms with Crippen molar-refractivity contribution in [2.75, 3.05) is 19.1 Å². The molecule has 0 unspecified atom stereocenters. The standard InChI is InChI=1S/C16H15BrN2O/c1-19(11-12-3-7-15(20-2)8-4-12)14-6-5-13(10-18)16(17)9-14/h3-9H,11H2,1-2H3. The molecule has 0 amide bonds. The summed E-state index contributed by atoms with van der Waals surface area (Å²) in [5, 5.41) is 8.93. The van der Waals surface area contributed by atoms with E-state index >= 15 is 0 Å². The van der Waals surface area contributed by atoms with Crippen molar-refractivity contribution >= 4 is 21.6 Å². The Morgan fingerprint density at radius 2 is 1.90 bits per heavy atom. The van der Waals surface area contributed by atoms with Crippen molar-refractivity contribution in [2.24, 2.45) is 0 Å². The molecule has 4 heteroatoms. The van der Waals surface area contributed by atoms with Crippen molar-refractivity contribution in [2.45, 2.75) is 6.54 Å². The predicted octanol–water partition coefficient (Wildman–Crippen LogP) is 3.97. The Kier molecular flexibility index (Phi) is 4.65.